The highest BCUT2D eigenvalue weighted by molar-refractivity contribution is 7.89. The van der Waals surface area contributed by atoms with E-state index in [-0.39, 0.29) is 12.1 Å². The SMILES string of the molecule is C[C@H]1CCCN(c2ccc(CNS(=O)(=O)c3ccc4c(c3)CCC(C)(C)O4)cc2)C1. The Morgan fingerprint density at radius 2 is 1.93 bits per heavy atom. The molecule has 162 valence electrons. The molecule has 0 bridgehead atoms. The molecule has 0 aliphatic carbocycles. The summed E-state index contributed by atoms with van der Waals surface area (Å²) >= 11 is 0. The number of benzene rings is 2. The molecule has 0 unspecified atom stereocenters. The number of anilines is 1. The van der Waals surface area contributed by atoms with E-state index in [1.807, 2.05) is 12.1 Å². The second-order valence-electron chi connectivity index (χ2n) is 9.32. The molecule has 0 spiro atoms. The Morgan fingerprint density at radius 3 is 2.67 bits per heavy atom. The van der Waals surface area contributed by atoms with Gasteiger partial charge in [0.2, 0.25) is 10.0 Å². The van der Waals surface area contributed by atoms with Crippen LogP contribution < -0.4 is 14.4 Å². The lowest BCUT2D eigenvalue weighted by Crippen LogP contribution is -2.34. The molecule has 2 aliphatic rings. The number of piperidine rings is 1. The first-order valence-electron chi connectivity index (χ1n) is 10.9. The number of ether oxygens (including phenoxy) is 1. The van der Waals surface area contributed by atoms with E-state index >= 15 is 0 Å². The summed E-state index contributed by atoms with van der Waals surface area (Å²) in [4.78, 5) is 2.71. The smallest absolute Gasteiger partial charge is 0.240 e. The first-order valence-corrected chi connectivity index (χ1v) is 12.4. The third kappa shape index (κ3) is 4.81. The fourth-order valence-corrected chi connectivity index (χ4v) is 5.38. The van der Waals surface area contributed by atoms with Gasteiger partial charge >= 0.3 is 0 Å². The summed E-state index contributed by atoms with van der Waals surface area (Å²) in [5.74, 6) is 1.51. The Morgan fingerprint density at radius 1 is 1.17 bits per heavy atom. The summed E-state index contributed by atoms with van der Waals surface area (Å²) < 4.78 is 34.3. The number of nitrogens with one attached hydrogen (secondary N) is 1. The number of fused-ring (bicyclic) bond motifs is 1. The van der Waals surface area contributed by atoms with Crippen LogP contribution in [0.3, 0.4) is 0 Å². The summed E-state index contributed by atoms with van der Waals surface area (Å²) in [6, 6.07) is 13.4. The van der Waals surface area contributed by atoms with Crippen molar-refractivity contribution in [3.8, 4) is 5.75 Å². The third-order valence-electron chi connectivity index (χ3n) is 6.15. The Balaban J connectivity index is 1.41. The highest BCUT2D eigenvalue weighted by Crippen LogP contribution is 2.34. The fraction of sp³-hybridized carbons (Fsp3) is 0.500. The average molecular weight is 429 g/mol. The van der Waals surface area contributed by atoms with Crippen LogP contribution in [0.1, 0.15) is 51.2 Å². The first kappa shape index (κ1) is 21.2. The van der Waals surface area contributed by atoms with Gasteiger partial charge in [0.05, 0.1) is 4.90 Å². The molecule has 1 saturated heterocycles. The minimum atomic E-state index is -3.57. The molecule has 1 N–H and O–H groups in total. The van der Waals surface area contributed by atoms with Crippen LogP contribution in [0.2, 0.25) is 0 Å². The topological polar surface area (TPSA) is 58.6 Å². The van der Waals surface area contributed by atoms with Crippen molar-refractivity contribution in [2.75, 3.05) is 18.0 Å². The summed E-state index contributed by atoms with van der Waals surface area (Å²) in [7, 11) is -3.57. The number of hydrogen-bond acceptors (Lipinski definition) is 4. The van der Waals surface area contributed by atoms with Crippen LogP contribution in [0.4, 0.5) is 5.69 Å². The van der Waals surface area contributed by atoms with Gasteiger partial charge in [0.1, 0.15) is 11.4 Å². The van der Waals surface area contributed by atoms with Gasteiger partial charge in [0.15, 0.2) is 0 Å². The Bertz CT molecular complexity index is 1000. The fourth-order valence-electron chi connectivity index (χ4n) is 4.31. The molecule has 6 heteroatoms. The zero-order chi connectivity index (χ0) is 21.4. The zero-order valence-corrected chi connectivity index (χ0v) is 19.0. The Labute approximate surface area is 180 Å². The van der Waals surface area contributed by atoms with Crippen LogP contribution in [0.25, 0.3) is 0 Å². The molecule has 2 aliphatic heterocycles. The average Bonchev–Trinajstić information content (AvgIpc) is 2.72. The minimum absolute atomic E-state index is 0.204. The highest BCUT2D eigenvalue weighted by atomic mass is 32.2. The molecule has 0 amide bonds. The molecule has 1 atom stereocenters. The predicted molar refractivity (Wildman–Crippen MR) is 121 cm³/mol. The van der Waals surface area contributed by atoms with Gasteiger partial charge in [0, 0.05) is 25.3 Å². The lowest BCUT2D eigenvalue weighted by Gasteiger charge is -2.33. The normalized spacial score (nSPS) is 21.0. The second-order valence-corrected chi connectivity index (χ2v) is 11.1. The van der Waals surface area contributed by atoms with Gasteiger partial charge in [-0.3, -0.25) is 0 Å². The maximum atomic E-state index is 12.8. The number of aryl methyl sites for hydroxylation is 1. The molecule has 4 rings (SSSR count). The van der Waals surface area contributed by atoms with Crippen molar-refractivity contribution in [3.63, 3.8) is 0 Å². The molecule has 0 radical (unpaired) electrons. The second kappa shape index (κ2) is 8.23. The van der Waals surface area contributed by atoms with E-state index in [0.29, 0.717) is 4.90 Å². The van der Waals surface area contributed by atoms with Crippen molar-refractivity contribution < 1.29 is 13.2 Å². The van der Waals surface area contributed by atoms with Gasteiger partial charge in [-0.2, -0.15) is 0 Å². The van der Waals surface area contributed by atoms with Gasteiger partial charge in [-0.1, -0.05) is 19.1 Å². The molecule has 0 aromatic heterocycles. The van der Waals surface area contributed by atoms with Crippen molar-refractivity contribution in [2.24, 2.45) is 5.92 Å². The Kier molecular flexibility index (Phi) is 5.82. The van der Waals surface area contributed by atoms with Crippen LogP contribution in [-0.2, 0) is 23.0 Å². The zero-order valence-electron chi connectivity index (χ0n) is 18.1. The van der Waals surface area contributed by atoms with Crippen molar-refractivity contribution in [1.29, 1.82) is 0 Å². The number of nitrogens with zero attached hydrogens (tertiary/aromatic N) is 1. The molecule has 2 aromatic carbocycles. The van der Waals surface area contributed by atoms with E-state index in [2.05, 4.69) is 42.5 Å². The molecule has 30 heavy (non-hydrogen) atoms. The molecule has 2 aromatic rings. The summed E-state index contributed by atoms with van der Waals surface area (Å²) in [6.07, 6.45) is 4.22. The van der Waals surface area contributed by atoms with E-state index < -0.39 is 10.0 Å². The van der Waals surface area contributed by atoms with E-state index in [1.54, 1.807) is 18.2 Å². The van der Waals surface area contributed by atoms with E-state index in [0.717, 1.165) is 48.7 Å². The number of rotatable bonds is 5. The number of sulfonamides is 1. The minimum Gasteiger partial charge on any atom is -0.488 e. The third-order valence-corrected chi connectivity index (χ3v) is 7.55. The van der Waals surface area contributed by atoms with Crippen LogP contribution in [0, 0.1) is 5.92 Å². The van der Waals surface area contributed by atoms with Gasteiger partial charge in [0.25, 0.3) is 0 Å². The molecule has 5 nitrogen and oxygen atoms in total. The van der Waals surface area contributed by atoms with Crippen molar-refractivity contribution >= 4 is 15.7 Å². The summed E-state index contributed by atoms with van der Waals surface area (Å²) in [6.45, 7) is 8.86. The summed E-state index contributed by atoms with van der Waals surface area (Å²) in [5, 5.41) is 0. The highest BCUT2D eigenvalue weighted by Gasteiger charge is 2.27. The van der Waals surface area contributed by atoms with Gasteiger partial charge in [-0.25, -0.2) is 13.1 Å². The van der Waals surface area contributed by atoms with Crippen molar-refractivity contribution in [1.82, 2.24) is 4.72 Å². The lowest BCUT2D eigenvalue weighted by atomic mass is 9.94. The molecular weight excluding hydrogens is 396 g/mol. The van der Waals surface area contributed by atoms with Gasteiger partial charge < -0.3 is 9.64 Å². The van der Waals surface area contributed by atoms with Gasteiger partial charge in [-0.05, 0) is 86.9 Å². The van der Waals surface area contributed by atoms with Gasteiger partial charge in [-0.15, -0.1) is 0 Å². The van der Waals surface area contributed by atoms with Crippen LogP contribution >= 0.6 is 0 Å². The lowest BCUT2D eigenvalue weighted by molar-refractivity contribution is 0.0845. The van der Waals surface area contributed by atoms with Crippen molar-refractivity contribution in [2.45, 2.75) is 63.5 Å². The molecule has 1 fully saturated rings. The maximum absolute atomic E-state index is 12.8. The maximum Gasteiger partial charge on any atom is 0.240 e. The summed E-state index contributed by atoms with van der Waals surface area (Å²) in [5.41, 5.74) is 2.92. The van der Waals surface area contributed by atoms with Crippen LogP contribution in [0.5, 0.6) is 5.75 Å². The molecule has 0 saturated carbocycles. The van der Waals surface area contributed by atoms with Crippen LogP contribution in [-0.4, -0.2) is 27.1 Å². The molecular formula is C24H32N2O3S. The largest absolute Gasteiger partial charge is 0.488 e. The monoisotopic (exact) mass is 428 g/mol. The van der Waals surface area contributed by atoms with Crippen LogP contribution in [0.15, 0.2) is 47.4 Å². The first-order chi connectivity index (χ1) is 14.2. The predicted octanol–water partition coefficient (Wildman–Crippen LogP) is 4.51. The van der Waals surface area contributed by atoms with E-state index in [4.69, 9.17) is 4.74 Å². The van der Waals surface area contributed by atoms with E-state index in [9.17, 15) is 8.42 Å². The standard InChI is InChI=1S/C24H32N2O3S/c1-18-5-4-14-26(17-18)21-8-6-19(7-9-21)16-25-30(27,28)22-10-11-23-20(15-22)12-13-24(2,3)29-23/h6-11,15,18,25H,4-5,12-14,16-17H2,1-3H3/t18-/m0/s1. The van der Waals surface area contributed by atoms with Crippen molar-refractivity contribution in [3.05, 3.63) is 53.6 Å². The van der Waals surface area contributed by atoms with E-state index in [1.165, 1.54) is 18.5 Å². The quantitative estimate of drug-likeness (QED) is 0.762. The Hall–Kier alpha value is -2.05. The molecule has 2 heterocycles. The number of hydrogen-bond donors (Lipinski definition) is 1.